The predicted molar refractivity (Wildman–Crippen MR) is 109 cm³/mol. The van der Waals surface area contributed by atoms with Crippen molar-refractivity contribution in [1.29, 1.82) is 0 Å². The van der Waals surface area contributed by atoms with Crippen molar-refractivity contribution in [2.24, 2.45) is 11.8 Å². The van der Waals surface area contributed by atoms with Crippen molar-refractivity contribution in [2.45, 2.75) is 57.3 Å². The molecule has 1 heterocycles. The third-order valence-corrected chi connectivity index (χ3v) is 7.55. The van der Waals surface area contributed by atoms with E-state index in [1.165, 1.54) is 29.3 Å². The molecular formula is C20H31ClN2O3S. The third kappa shape index (κ3) is 6.19. The number of hydrogen-bond donors (Lipinski definition) is 1. The SMILES string of the molecule is CCCC[C@H](CC)CNC(=O)C1CCN(S(=O)(=O)c2ccc(Cl)cc2)CC1. The Bertz CT molecular complexity index is 698. The van der Waals surface area contributed by atoms with Crippen LogP contribution in [0.4, 0.5) is 0 Å². The topological polar surface area (TPSA) is 66.5 Å². The molecule has 1 fully saturated rings. The summed E-state index contributed by atoms with van der Waals surface area (Å²) in [5.41, 5.74) is 0. The molecule has 1 atom stereocenters. The average Bonchev–Trinajstić information content (AvgIpc) is 2.68. The maximum atomic E-state index is 12.7. The second kappa shape index (κ2) is 10.4. The molecule has 1 amide bonds. The molecule has 1 aromatic carbocycles. The minimum Gasteiger partial charge on any atom is -0.356 e. The van der Waals surface area contributed by atoms with Gasteiger partial charge in [-0.05, 0) is 49.4 Å². The molecule has 1 aliphatic rings. The van der Waals surface area contributed by atoms with Gasteiger partial charge in [0, 0.05) is 30.6 Å². The maximum absolute atomic E-state index is 12.7. The summed E-state index contributed by atoms with van der Waals surface area (Å²) in [6.45, 7) is 5.80. The number of rotatable bonds is 9. The first-order valence-corrected chi connectivity index (χ1v) is 11.7. The van der Waals surface area contributed by atoms with E-state index in [1.54, 1.807) is 12.1 Å². The van der Waals surface area contributed by atoms with Crippen LogP contribution in [0.25, 0.3) is 0 Å². The lowest BCUT2D eigenvalue weighted by atomic mass is 9.95. The number of unbranched alkanes of at least 4 members (excludes halogenated alkanes) is 1. The van der Waals surface area contributed by atoms with Crippen LogP contribution >= 0.6 is 11.6 Å². The molecule has 27 heavy (non-hydrogen) atoms. The number of sulfonamides is 1. The van der Waals surface area contributed by atoms with Gasteiger partial charge in [0.2, 0.25) is 15.9 Å². The van der Waals surface area contributed by atoms with Gasteiger partial charge in [0.1, 0.15) is 0 Å². The summed E-state index contributed by atoms with van der Waals surface area (Å²) < 4.78 is 26.9. The molecule has 0 radical (unpaired) electrons. The largest absolute Gasteiger partial charge is 0.356 e. The fourth-order valence-corrected chi connectivity index (χ4v) is 5.04. The Morgan fingerprint density at radius 2 is 1.85 bits per heavy atom. The first-order chi connectivity index (χ1) is 12.9. The van der Waals surface area contributed by atoms with Gasteiger partial charge in [-0.15, -0.1) is 0 Å². The Balaban J connectivity index is 1.85. The average molecular weight is 415 g/mol. The summed E-state index contributed by atoms with van der Waals surface area (Å²) in [7, 11) is -3.52. The number of carbonyl (C=O) groups excluding carboxylic acids is 1. The molecule has 1 saturated heterocycles. The highest BCUT2D eigenvalue weighted by atomic mass is 35.5. The molecule has 0 saturated carbocycles. The van der Waals surface area contributed by atoms with Gasteiger partial charge in [0.15, 0.2) is 0 Å². The number of carbonyl (C=O) groups is 1. The Morgan fingerprint density at radius 3 is 2.41 bits per heavy atom. The molecular weight excluding hydrogens is 384 g/mol. The molecule has 1 aliphatic heterocycles. The van der Waals surface area contributed by atoms with E-state index in [2.05, 4.69) is 19.2 Å². The minimum atomic E-state index is -3.52. The highest BCUT2D eigenvalue weighted by Gasteiger charge is 2.32. The van der Waals surface area contributed by atoms with Crippen molar-refractivity contribution in [3.8, 4) is 0 Å². The van der Waals surface area contributed by atoms with Crippen LogP contribution in [0, 0.1) is 11.8 Å². The van der Waals surface area contributed by atoms with Gasteiger partial charge in [0.05, 0.1) is 4.90 Å². The third-order valence-electron chi connectivity index (χ3n) is 5.38. The van der Waals surface area contributed by atoms with E-state index < -0.39 is 10.0 Å². The van der Waals surface area contributed by atoms with Crippen LogP contribution in [0.15, 0.2) is 29.2 Å². The molecule has 0 aromatic heterocycles. The van der Waals surface area contributed by atoms with Crippen molar-refractivity contribution >= 4 is 27.5 Å². The van der Waals surface area contributed by atoms with Gasteiger partial charge < -0.3 is 5.32 Å². The van der Waals surface area contributed by atoms with Crippen LogP contribution < -0.4 is 5.32 Å². The van der Waals surface area contributed by atoms with E-state index in [-0.39, 0.29) is 16.7 Å². The zero-order valence-corrected chi connectivity index (χ0v) is 17.9. The monoisotopic (exact) mass is 414 g/mol. The standard InChI is InChI=1S/C20H31ClN2O3S/c1-3-5-6-16(4-2)15-22-20(24)17-11-13-23(14-12-17)27(25,26)19-9-7-18(21)8-10-19/h7-10,16-17H,3-6,11-15H2,1-2H3,(H,22,24)/t16-/m0/s1. The first kappa shape index (κ1) is 22.2. The van der Waals surface area contributed by atoms with Crippen molar-refractivity contribution in [3.05, 3.63) is 29.3 Å². The predicted octanol–water partition coefficient (Wildman–Crippen LogP) is 4.07. The summed E-state index contributed by atoms with van der Waals surface area (Å²) in [6, 6.07) is 6.21. The molecule has 7 heteroatoms. The number of piperidine rings is 1. The van der Waals surface area contributed by atoms with Crippen LogP contribution in [0.5, 0.6) is 0 Å². The number of benzene rings is 1. The normalized spacial score (nSPS) is 17.6. The van der Waals surface area contributed by atoms with Crippen LogP contribution in [0.1, 0.15) is 52.4 Å². The van der Waals surface area contributed by atoms with E-state index in [1.807, 2.05) is 0 Å². The number of nitrogens with one attached hydrogen (secondary N) is 1. The number of halogens is 1. The van der Waals surface area contributed by atoms with Crippen molar-refractivity contribution in [2.75, 3.05) is 19.6 Å². The van der Waals surface area contributed by atoms with Gasteiger partial charge in [-0.2, -0.15) is 4.31 Å². The molecule has 2 rings (SSSR count). The van der Waals surface area contributed by atoms with E-state index in [9.17, 15) is 13.2 Å². The zero-order valence-electron chi connectivity index (χ0n) is 16.3. The minimum absolute atomic E-state index is 0.0634. The Hall–Kier alpha value is -1.11. The van der Waals surface area contributed by atoms with Gasteiger partial charge >= 0.3 is 0 Å². The smallest absolute Gasteiger partial charge is 0.243 e. The van der Waals surface area contributed by atoms with Crippen LogP contribution in [-0.2, 0) is 14.8 Å². The number of hydrogen-bond acceptors (Lipinski definition) is 3. The fourth-order valence-electron chi connectivity index (χ4n) is 3.45. The van der Waals surface area contributed by atoms with E-state index in [4.69, 9.17) is 11.6 Å². The van der Waals surface area contributed by atoms with Gasteiger partial charge in [0.25, 0.3) is 0 Å². The van der Waals surface area contributed by atoms with Gasteiger partial charge in [-0.25, -0.2) is 8.42 Å². The summed E-state index contributed by atoms with van der Waals surface area (Å²) >= 11 is 5.84. The summed E-state index contributed by atoms with van der Waals surface area (Å²) in [4.78, 5) is 12.7. The highest BCUT2D eigenvalue weighted by molar-refractivity contribution is 7.89. The van der Waals surface area contributed by atoms with E-state index in [0.717, 1.165) is 19.4 Å². The lowest BCUT2D eigenvalue weighted by Crippen LogP contribution is -2.43. The van der Waals surface area contributed by atoms with E-state index >= 15 is 0 Å². The maximum Gasteiger partial charge on any atom is 0.243 e. The molecule has 1 aromatic rings. The molecule has 1 N–H and O–H groups in total. The Morgan fingerprint density at radius 1 is 1.22 bits per heavy atom. The van der Waals surface area contributed by atoms with Gasteiger partial charge in [-0.3, -0.25) is 4.79 Å². The molecule has 0 spiro atoms. The zero-order chi connectivity index (χ0) is 19.9. The van der Waals surface area contributed by atoms with Crippen LogP contribution in [0.2, 0.25) is 5.02 Å². The summed E-state index contributed by atoms with van der Waals surface area (Å²) in [6.07, 6.45) is 5.69. The molecule has 5 nitrogen and oxygen atoms in total. The van der Waals surface area contributed by atoms with Crippen LogP contribution in [-0.4, -0.2) is 38.3 Å². The van der Waals surface area contributed by atoms with Crippen molar-refractivity contribution in [1.82, 2.24) is 9.62 Å². The molecule has 0 aliphatic carbocycles. The fraction of sp³-hybridized carbons (Fsp3) is 0.650. The number of nitrogens with zero attached hydrogens (tertiary/aromatic N) is 1. The molecule has 152 valence electrons. The van der Waals surface area contributed by atoms with Crippen LogP contribution in [0.3, 0.4) is 0 Å². The Kier molecular flexibility index (Phi) is 8.58. The van der Waals surface area contributed by atoms with Gasteiger partial charge in [-0.1, -0.05) is 44.7 Å². The quantitative estimate of drug-likeness (QED) is 0.662. The molecule has 0 unspecified atom stereocenters. The number of amides is 1. The molecule has 0 bridgehead atoms. The summed E-state index contributed by atoms with van der Waals surface area (Å²) in [5.74, 6) is 0.484. The first-order valence-electron chi connectivity index (χ1n) is 9.91. The lowest BCUT2D eigenvalue weighted by molar-refractivity contribution is -0.126. The second-order valence-corrected chi connectivity index (χ2v) is 9.67. The van der Waals surface area contributed by atoms with E-state index in [0.29, 0.717) is 36.9 Å². The Labute approximate surface area is 168 Å². The highest BCUT2D eigenvalue weighted by Crippen LogP contribution is 2.25. The van der Waals surface area contributed by atoms with Crippen molar-refractivity contribution < 1.29 is 13.2 Å². The summed E-state index contributed by atoms with van der Waals surface area (Å²) in [5, 5.41) is 3.59. The van der Waals surface area contributed by atoms with Crippen molar-refractivity contribution in [3.63, 3.8) is 0 Å². The second-order valence-electron chi connectivity index (χ2n) is 7.29. The lowest BCUT2D eigenvalue weighted by Gasteiger charge is -2.31.